The highest BCUT2D eigenvalue weighted by atomic mass is 32.2. The van der Waals surface area contributed by atoms with Gasteiger partial charge >= 0.3 is 5.97 Å². The predicted molar refractivity (Wildman–Crippen MR) is 103 cm³/mol. The fourth-order valence-corrected chi connectivity index (χ4v) is 5.10. The van der Waals surface area contributed by atoms with Crippen molar-refractivity contribution in [2.75, 3.05) is 18.8 Å². The summed E-state index contributed by atoms with van der Waals surface area (Å²) in [6.07, 6.45) is 3.05. The number of carboxylic acids is 1. The highest BCUT2D eigenvalue weighted by Gasteiger charge is 2.30. The van der Waals surface area contributed by atoms with Crippen molar-refractivity contribution in [2.45, 2.75) is 51.5 Å². The number of aryl methyl sites for hydroxylation is 1. The molecule has 0 saturated heterocycles. The lowest BCUT2D eigenvalue weighted by Crippen LogP contribution is -2.46. The topological polar surface area (TPSA) is 104 Å². The first-order valence-corrected chi connectivity index (χ1v) is 11.0. The number of carbonyl (C=O) groups excluding carboxylic acids is 1. The Labute approximate surface area is 160 Å². The van der Waals surface area contributed by atoms with Gasteiger partial charge in [-0.15, -0.1) is 0 Å². The number of rotatable bonds is 9. The second-order valence-corrected chi connectivity index (χ2v) is 8.79. The lowest BCUT2D eigenvalue weighted by Gasteiger charge is -2.28. The van der Waals surface area contributed by atoms with Gasteiger partial charge in [-0.3, -0.25) is 4.79 Å². The van der Waals surface area contributed by atoms with Crippen molar-refractivity contribution in [1.82, 2.24) is 9.62 Å². The van der Waals surface area contributed by atoms with Gasteiger partial charge in [0, 0.05) is 13.1 Å². The number of carboxylic acid groups (broad SMARTS) is 1. The Hall–Kier alpha value is -1.93. The number of amides is 1. The molecular formula is C19H28N2O5S. The molecule has 2 rings (SSSR count). The zero-order valence-corrected chi connectivity index (χ0v) is 16.7. The van der Waals surface area contributed by atoms with Gasteiger partial charge in [0.1, 0.15) is 11.8 Å². The Kier molecular flexibility index (Phi) is 7.38. The summed E-state index contributed by atoms with van der Waals surface area (Å²) in [5.74, 6) is -2.62. The zero-order valence-electron chi connectivity index (χ0n) is 15.8. The standard InChI is InChI=1S/C19H28N2O5S/c1-3-21(4-2)27(25,26)13-18(22)20-17(19(23)24)12-15-10-7-9-14-8-5-6-11-16(14)15/h5-6,8,11,15,17H,3-4,7,9-10,12-13H2,1-2H3,(H,20,22)(H,23,24). The number of fused-ring (bicyclic) bond motifs is 1. The molecule has 1 aromatic rings. The van der Waals surface area contributed by atoms with Crippen LogP contribution in [0.5, 0.6) is 0 Å². The fraction of sp³-hybridized carbons (Fsp3) is 0.579. The second-order valence-electron chi connectivity index (χ2n) is 6.82. The quantitative estimate of drug-likeness (QED) is 0.662. The van der Waals surface area contributed by atoms with Crippen LogP contribution in [0.4, 0.5) is 0 Å². The maximum Gasteiger partial charge on any atom is 0.326 e. The maximum absolute atomic E-state index is 12.2. The molecule has 7 nitrogen and oxygen atoms in total. The highest BCUT2D eigenvalue weighted by Crippen LogP contribution is 2.34. The van der Waals surface area contributed by atoms with Crippen LogP contribution in [-0.2, 0) is 26.0 Å². The molecule has 0 saturated carbocycles. The van der Waals surface area contributed by atoms with Gasteiger partial charge < -0.3 is 10.4 Å². The van der Waals surface area contributed by atoms with Crippen molar-refractivity contribution in [3.63, 3.8) is 0 Å². The molecule has 2 unspecified atom stereocenters. The number of benzene rings is 1. The maximum atomic E-state index is 12.2. The molecule has 8 heteroatoms. The van der Waals surface area contributed by atoms with E-state index in [0.717, 1.165) is 24.8 Å². The Balaban J connectivity index is 2.06. The Bertz CT molecular complexity index is 774. The average Bonchev–Trinajstić information content (AvgIpc) is 2.61. The van der Waals surface area contributed by atoms with Gasteiger partial charge in [-0.25, -0.2) is 17.5 Å². The molecule has 0 aromatic heterocycles. The van der Waals surface area contributed by atoms with Crippen molar-refractivity contribution < 1.29 is 23.1 Å². The first-order valence-electron chi connectivity index (χ1n) is 9.36. The molecule has 0 spiro atoms. The largest absolute Gasteiger partial charge is 0.480 e. The molecule has 0 aliphatic heterocycles. The van der Waals surface area contributed by atoms with Gasteiger partial charge in [0.2, 0.25) is 15.9 Å². The third kappa shape index (κ3) is 5.52. The minimum absolute atomic E-state index is 0.0377. The van der Waals surface area contributed by atoms with E-state index >= 15 is 0 Å². The molecule has 1 aliphatic carbocycles. The predicted octanol–water partition coefficient (Wildman–Crippen LogP) is 1.74. The fourth-order valence-electron chi connectivity index (χ4n) is 3.72. The normalized spacial score (nSPS) is 18.0. The van der Waals surface area contributed by atoms with E-state index in [4.69, 9.17) is 0 Å². The van der Waals surface area contributed by atoms with E-state index in [2.05, 4.69) is 5.32 Å². The Morgan fingerprint density at radius 2 is 1.93 bits per heavy atom. The molecule has 27 heavy (non-hydrogen) atoms. The first-order chi connectivity index (χ1) is 12.8. The Morgan fingerprint density at radius 1 is 1.26 bits per heavy atom. The molecule has 0 fully saturated rings. The molecule has 0 heterocycles. The molecular weight excluding hydrogens is 368 g/mol. The van der Waals surface area contributed by atoms with Gasteiger partial charge in [-0.2, -0.15) is 0 Å². The van der Waals surface area contributed by atoms with Gasteiger partial charge in [0.15, 0.2) is 0 Å². The molecule has 150 valence electrons. The monoisotopic (exact) mass is 396 g/mol. The summed E-state index contributed by atoms with van der Waals surface area (Å²) < 4.78 is 25.6. The van der Waals surface area contributed by atoms with Crippen molar-refractivity contribution in [2.24, 2.45) is 0 Å². The zero-order chi connectivity index (χ0) is 20.0. The number of sulfonamides is 1. The molecule has 2 N–H and O–H groups in total. The van der Waals surface area contributed by atoms with Crippen LogP contribution in [0, 0.1) is 0 Å². The second kappa shape index (κ2) is 9.32. The van der Waals surface area contributed by atoms with Gasteiger partial charge in [0.25, 0.3) is 0 Å². The SMILES string of the molecule is CCN(CC)S(=O)(=O)CC(=O)NC(CC1CCCc2ccccc21)C(=O)O. The van der Waals surface area contributed by atoms with Crippen molar-refractivity contribution >= 4 is 21.9 Å². The van der Waals surface area contributed by atoms with E-state index in [0.29, 0.717) is 0 Å². The third-order valence-electron chi connectivity index (χ3n) is 5.06. The lowest BCUT2D eigenvalue weighted by molar-refractivity contribution is -0.141. The van der Waals surface area contributed by atoms with Crippen LogP contribution in [0.2, 0.25) is 0 Å². The lowest BCUT2D eigenvalue weighted by atomic mass is 9.79. The number of carbonyl (C=O) groups is 2. The van der Waals surface area contributed by atoms with Crippen LogP contribution in [0.3, 0.4) is 0 Å². The summed E-state index contributed by atoms with van der Waals surface area (Å²) >= 11 is 0. The summed E-state index contributed by atoms with van der Waals surface area (Å²) in [7, 11) is -3.75. The van der Waals surface area contributed by atoms with Crippen LogP contribution in [0.25, 0.3) is 0 Å². The molecule has 2 atom stereocenters. The van der Waals surface area contributed by atoms with Gasteiger partial charge in [-0.1, -0.05) is 38.1 Å². The van der Waals surface area contributed by atoms with E-state index in [1.807, 2.05) is 24.3 Å². The van der Waals surface area contributed by atoms with Crippen molar-refractivity contribution in [1.29, 1.82) is 0 Å². The van der Waals surface area contributed by atoms with Gasteiger partial charge in [-0.05, 0) is 42.7 Å². The Morgan fingerprint density at radius 3 is 2.56 bits per heavy atom. The number of nitrogens with one attached hydrogen (secondary N) is 1. The van der Waals surface area contributed by atoms with E-state index < -0.39 is 33.7 Å². The molecule has 0 bridgehead atoms. The summed E-state index contributed by atoms with van der Waals surface area (Å²) in [6, 6.07) is 6.84. The van der Waals surface area contributed by atoms with Crippen LogP contribution in [0.1, 0.15) is 50.2 Å². The third-order valence-corrected chi connectivity index (χ3v) is 6.99. The average molecular weight is 397 g/mol. The molecule has 1 amide bonds. The smallest absolute Gasteiger partial charge is 0.326 e. The number of hydrogen-bond acceptors (Lipinski definition) is 4. The van der Waals surface area contributed by atoms with E-state index in [9.17, 15) is 23.1 Å². The van der Waals surface area contributed by atoms with Gasteiger partial charge in [0.05, 0.1) is 0 Å². The molecule has 1 aliphatic rings. The summed E-state index contributed by atoms with van der Waals surface area (Å²) in [5, 5.41) is 11.9. The summed E-state index contributed by atoms with van der Waals surface area (Å²) in [4.78, 5) is 23.9. The van der Waals surface area contributed by atoms with Crippen LogP contribution in [-0.4, -0.2) is 54.6 Å². The number of nitrogens with zero attached hydrogens (tertiary/aromatic N) is 1. The number of hydrogen-bond donors (Lipinski definition) is 2. The molecule has 1 aromatic carbocycles. The van der Waals surface area contributed by atoms with Crippen LogP contribution < -0.4 is 5.32 Å². The first kappa shape index (κ1) is 21.4. The summed E-state index contributed by atoms with van der Waals surface area (Å²) in [6.45, 7) is 3.93. The highest BCUT2D eigenvalue weighted by molar-refractivity contribution is 7.89. The minimum Gasteiger partial charge on any atom is -0.480 e. The number of aliphatic carboxylic acids is 1. The van der Waals surface area contributed by atoms with Crippen molar-refractivity contribution in [3.05, 3.63) is 35.4 Å². The van der Waals surface area contributed by atoms with Crippen LogP contribution in [0.15, 0.2) is 24.3 Å². The minimum atomic E-state index is -3.75. The van der Waals surface area contributed by atoms with Crippen molar-refractivity contribution in [3.8, 4) is 0 Å². The van der Waals surface area contributed by atoms with E-state index in [-0.39, 0.29) is 25.4 Å². The molecule has 0 radical (unpaired) electrons. The summed E-state index contributed by atoms with van der Waals surface area (Å²) in [5.41, 5.74) is 2.34. The van der Waals surface area contributed by atoms with E-state index in [1.54, 1.807) is 13.8 Å². The van der Waals surface area contributed by atoms with Crippen LogP contribution >= 0.6 is 0 Å². The van der Waals surface area contributed by atoms with E-state index in [1.165, 1.54) is 9.87 Å².